The monoisotopic (exact) mass is 991 g/mol. The number of nitro groups is 1. The predicted molar refractivity (Wildman–Crippen MR) is 266 cm³/mol. The van der Waals surface area contributed by atoms with Gasteiger partial charge in [0.15, 0.2) is 17.2 Å². The van der Waals surface area contributed by atoms with Crippen LogP contribution in [-0.4, -0.2) is 96.3 Å². The number of H-pyrrole nitrogens is 1. The number of nitro benzene ring substituents is 1. The van der Waals surface area contributed by atoms with Gasteiger partial charge >= 0.3 is 0 Å². The second kappa shape index (κ2) is 17.9. The van der Waals surface area contributed by atoms with Gasteiger partial charge in [0, 0.05) is 68.4 Å². The van der Waals surface area contributed by atoms with E-state index >= 15 is 0 Å². The molecule has 18 heteroatoms. The first-order valence-corrected chi connectivity index (χ1v) is 26.7. The molecule has 16 nitrogen and oxygen atoms in total. The number of sulfonamides is 1. The van der Waals surface area contributed by atoms with E-state index in [0.29, 0.717) is 43.1 Å². The summed E-state index contributed by atoms with van der Waals surface area (Å²) in [6.45, 7) is 9.93. The third-order valence-electron chi connectivity index (χ3n) is 16.7. The van der Waals surface area contributed by atoms with Crippen LogP contribution in [0.3, 0.4) is 0 Å². The molecule has 71 heavy (non-hydrogen) atoms. The predicted octanol–water partition coefficient (Wildman–Crippen LogP) is 9.32. The summed E-state index contributed by atoms with van der Waals surface area (Å²) in [4.78, 5) is 37.7. The summed E-state index contributed by atoms with van der Waals surface area (Å²) in [6, 6.07) is 17.8. The zero-order valence-corrected chi connectivity index (χ0v) is 41.3. The molecule has 3 saturated carbocycles. The maximum atomic E-state index is 15.0. The second-order valence-corrected chi connectivity index (χ2v) is 23.3. The number of amides is 1. The Hall–Kier alpha value is -5.98. The number of carbonyl (C=O) groups is 1. The number of rotatable bonds is 13. The van der Waals surface area contributed by atoms with Gasteiger partial charge in [-0.3, -0.25) is 19.8 Å². The zero-order valence-electron chi connectivity index (χ0n) is 40.5. The van der Waals surface area contributed by atoms with Crippen LogP contribution < -0.4 is 29.1 Å². The highest BCUT2D eigenvalue weighted by Crippen LogP contribution is 2.54. The smallest absolute Gasteiger partial charge is 0.297 e. The summed E-state index contributed by atoms with van der Waals surface area (Å²) >= 11 is 0. The topological polar surface area (TPSA) is 201 Å². The summed E-state index contributed by atoms with van der Waals surface area (Å²) in [5.41, 5.74) is 3.20. The molecule has 3 atom stereocenters. The number of aromatic amines is 1. The molecule has 11 rings (SSSR count). The van der Waals surface area contributed by atoms with Gasteiger partial charge in [-0.15, -0.1) is 0 Å². The normalized spacial score (nSPS) is 25.7. The number of piperidine rings is 1. The largest absolute Gasteiger partial charge is 0.489 e. The Balaban J connectivity index is 0.832. The van der Waals surface area contributed by atoms with Gasteiger partial charge in [-0.2, -0.15) is 4.98 Å². The van der Waals surface area contributed by atoms with Crippen molar-refractivity contribution in [1.29, 1.82) is 0 Å². The molecule has 5 fully saturated rings. The molecule has 5 aromatic rings. The Morgan fingerprint density at radius 1 is 1.00 bits per heavy atom. The van der Waals surface area contributed by atoms with Crippen LogP contribution in [0.4, 0.5) is 21.5 Å². The molecule has 2 saturated heterocycles. The van der Waals surface area contributed by atoms with Gasteiger partial charge in [-0.25, -0.2) is 17.5 Å². The van der Waals surface area contributed by atoms with E-state index in [1.165, 1.54) is 56.5 Å². The first kappa shape index (κ1) is 47.4. The minimum Gasteiger partial charge on any atom is -0.489 e. The SMILES string of the molecule is CCOc1nc2[nH]cc(F)c2cc1Oc1cc(N2CCC3(CC2)CN([C@H]2CCC[C@H]2c2ccccc2C2(C)CC2)C3)ccc1C(=O)NS(=O)(=O)c1cc2c(c([N+](=O)[O-])c1)N[C@@H](C1CCC(C)(O)CC1)CO2. The number of hydrogen-bond acceptors (Lipinski definition) is 13. The van der Waals surface area contributed by atoms with Crippen LogP contribution in [0.15, 0.2) is 71.8 Å². The maximum absolute atomic E-state index is 15.0. The fraction of sp³-hybridized carbons (Fsp3) is 0.509. The summed E-state index contributed by atoms with van der Waals surface area (Å²) in [5.74, 6) is -1.03. The van der Waals surface area contributed by atoms with Crippen molar-refractivity contribution in [2.24, 2.45) is 11.3 Å². The highest BCUT2D eigenvalue weighted by atomic mass is 32.2. The lowest BCUT2D eigenvalue weighted by molar-refractivity contribution is -0.384. The molecular formula is C53H62FN7O9S. The summed E-state index contributed by atoms with van der Waals surface area (Å²) in [7, 11) is -4.75. The number of benzene rings is 3. The number of aliphatic hydroxyl groups is 1. The van der Waals surface area contributed by atoms with Crippen molar-refractivity contribution in [3.8, 4) is 23.1 Å². The number of hydrogen-bond donors (Lipinski definition) is 4. The molecule has 5 heterocycles. The van der Waals surface area contributed by atoms with Crippen LogP contribution in [0.5, 0.6) is 23.1 Å². The van der Waals surface area contributed by atoms with E-state index in [1.807, 2.05) is 0 Å². The lowest BCUT2D eigenvalue weighted by Crippen LogP contribution is -2.63. The van der Waals surface area contributed by atoms with E-state index < -0.39 is 42.9 Å². The lowest BCUT2D eigenvalue weighted by Gasteiger charge is -2.57. The van der Waals surface area contributed by atoms with Gasteiger partial charge in [0.2, 0.25) is 0 Å². The Bertz CT molecular complexity index is 3010. The van der Waals surface area contributed by atoms with Gasteiger partial charge < -0.3 is 34.5 Å². The van der Waals surface area contributed by atoms with E-state index in [1.54, 1.807) is 37.1 Å². The molecule has 0 bridgehead atoms. The molecule has 6 aliphatic rings. The minimum atomic E-state index is -4.75. The van der Waals surface area contributed by atoms with Crippen molar-refractivity contribution >= 4 is 44.0 Å². The summed E-state index contributed by atoms with van der Waals surface area (Å²) in [5, 5.41) is 26.3. The van der Waals surface area contributed by atoms with Crippen molar-refractivity contribution in [3.63, 3.8) is 0 Å². The maximum Gasteiger partial charge on any atom is 0.297 e. The number of likely N-dealkylation sites (tertiary alicyclic amines) is 1. The number of carbonyl (C=O) groups excluding carboxylic acids is 1. The Labute approximate surface area is 412 Å². The van der Waals surface area contributed by atoms with Crippen molar-refractivity contribution in [2.75, 3.05) is 49.6 Å². The van der Waals surface area contributed by atoms with Gasteiger partial charge in [0.05, 0.1) is 39.0 Å². The number of ether oxygens (including phenoxy) is 3. The number of halogens is 1. The van der Waals surface area contributed by atoms with Crippen molar-refractivity contribution < 1.29 is 41.8 Å². The van der Waals surface area contributed by atoms with Crippen LogP contribution in [-0.2, 0) is 15.4 Å². The average molecular weight is 992 g/mol. The fourth-order valence-electron chi connectivity index (χ4n) is 12.3. The summed E-state index contributed by atoms with van der Waals surface area (Å²) in [6.07, 6.45) is 11.9. The lowest BCUT2D eigenvalue weighted by atomic mass is 9.70. The number of anilines is 2. The van der Waals surface area contributed by atoms with Crippen LogP contribution in [0.25, 0.3) is 11.0 Å². The van der Waals surface area contributed by atoms with Gasteiger partial charge in [0.25, 0.3) is 27.5 Å². The Morgan fingerprint density at radius 2 is 1.76 bits per heavy atom. The number of aromatic nitrogens is 2. The van der Waals surface area contributed by atoms with E-state index in [9.17, 15) is 32.8 Å². The number of nitrogens with zero attached hydrogens (tertiary/aromatic N) is 4. The number of nitrogens with one attached hydrogen (secondary N) is 3. The first-order chi connectivity index (χ1) is 34.0. The average Bonchev–Trinajstić information content (AvgIpc) is 3.73. The zero-order chi connectivity index (χ0) is 49.5. The minimum absolute atomic E-state index is 0.00464. The first-order valence-electron chi connectivity index (χ1n) is 25.2. The van der Waals surface area contributed by atoms with E-state index in [-0.39, 0.29) is 76.0 Å². The van der Waals surface area contributed by atoms with Crippen LogP contribution in [0, 0.1) is 27.3 Å². The molecule has 3 aromatic carbocycles. The van der Waals surface area contributed by atoms with Crippen molar-refractivity contribution in [1.82, 2.24) is 19.6 Å². The van der Waals surface area contributed by atoms with E-state index in [2.05, 4.69) is 61.0 Å². The van der Waals surface area contributed by atoms with E-state index in [0.717, 1.165) is 50.8 Å². The fourth-order valence-corrected chi connectivity index (χ4v) is 13.3. The molecule has 4 N–H and O–H groups in total. The molecule has 1 spiro atoms. The highest BCUT2D eigenvalue weighted by molar-refractivity contribution is 7.90. The standard InChI is InChI=1S/C53H62FN7O9S/c1-4-68-50-46(27-38-40(54)28-55-48(38)57-50)70-44-24-33(59-22-20-53(21-23-59)30-60(31-53)42-11-7-9-36(42)35-8-5-6-10-39(35)51(2)18-19-51)12-13-37(44)49(62)58-71(66,67)34-25-43(61(64)65)47-45(26-34)69-29-41(56-47)32-14-16-52(3,63)17-15-32/h5-6,8,10,12-13,24-28,32,36,41-42,56,63H,4,7,9,11,14-23,29-31H2,1-3H3,(H,55,57)(H,58,62)/t32?,36-,41+,42-,52?/m0/s1. The second-order valence-electron chi connectivity index (χ2n) is 21.6. The van der Waals surface area contributed by atoms with Crippen LogP contribution in [0.2, 0.25) is 0 Å². The summed E-state index contributed by atoms with van der Waals surface area (Å²) < 4.78 is 63.5. The molecule has 3 aliphatic heterocycles. The number of fused-ring (bicyclic) bond motifs is 2. The van der Waals surface area contributed by atoms with Crippen molar-refractivity contribution in [3.05, 3.63) is 99.5 Å². The Morgan fingerprint density at radius 3 is 2.49 bits per heavy atom. The molecule has 0 radical (unpaired) electrons. The molecular weight excluding hydrogens is 930 g/mol. The molecule has 0 unspecified atom stereocenters. The van der Waals surface area contributed by atoms with Crippen molar-refractivity contribution in [2.45, 2.75) is 125 Å². The quantitative estimate of drug-likeness (QED) is 0.0643. The third-order valence-corrected chi connectivity index (χ3v) is 18.0. The molecule has 376 valence electrons. The van der Waals surface area contributed by atoms with Gasteiger partial charge in [-0.05, 0) is 124 Å². The van der Waals surface area contributed by atoms with Gasteiger partial charge in [0.1, 0.15) is 23.8 Å². The molecule has 1 amide bonds. The number of pyridine rings is 1. The Kier molecular flexibility index (Phi) is 12.0. The third kappa shape index (κ3) is 9.04. The highest BCUT2D eigenvalue weighted by Gasteiger charge is 2.51. The molecule has 2 aromatic heterocycles. The van der Waals surface area contributed by atoms with Crippen LogP contribution in [0.1, 0.15) is 119 Å². The van der Waals surface area contributed by atoms with E-state index in [4.69, 9.17) is 14.2 Å². The molecule has 3 aliphatic carbocycles. The van der Waals surface area contributed by atoms with Crippen LogP contribution >= 0.6 is 0 Å². The van der Waals surface area contributed by atoms with Gasteiger partial charge in [-0.1, -0.05) is 37.6 Å².